The number of nitrogens with one attached hydrogen (secondary N) is 3. The zero-order valence-electron chi connectivity index (χ0n) is 19.5. The Morgan fingerprint density at radius 3 is 2.58 bits per heavy atom. The normalized spacial score (nSPS) is 13.8. The van der Waals surface area contributed by atoms with Crippen LogP contribution < -0.4 is 15.5 Å². The van der Waals surface area contributed by atoms with Gasteiger partial charge in [0.2, 0.25) is 0 Å². The van der Waals surface area contributed by atoms with Crippen LogP contribution in [0.15, 0.2) is 67.3 Å². The summed E-state index contributed by atoms with van der Waals surface area (Å²) in [6, 6.07) is 13.7. The molecule has 0 bridgehead atoms. The highest BCUT2D eigenvalue weighted by Crippen LogP contribution is 2.34. The van der Waals surface area contributed by atoms with Gasteiger partial charge in [-0.2, -0.15) is 0 Å². The van der Waals surface area contributed by atoms with Crippen LogP contribution in [0.2, 0.25) is 0 Å². The Morgan fingerprint density at radius 1 is 1.00 bits per heavy atom. The van der Waals surface area contributed by atoms with Crippen LogP contribution in [0.3, 0.4) is 0 Å². The lowest BCUT2D eigenvalue weighted by Gasteiger charge is -2.29. The Bertz CT molecular complexity index is 1540. The fraction of sp³-hybridized carbons (Fsp3) is 0.185. The van der Waals surface area contributed by atoms with Gasteiger partial charge in [0.05, 0.1) is 41.9 Å². The van der Waals surface area contributed by atoms with Crippen molar-refractivity contribution >= 4 is 45.1 Å². The predicted octanol–water partition coefficient (Wildman–Crippen LogP) is 3.95. The smallest absolute Gasteiger partial charge is 0.307 e. The van der Waals surface area contributed by atoms with Crippen molar-refractivity contribution in [2.75, 3.05) is 36.4 Å². The second-order valence-corrected chi connectivity index (χ2v) is 8.89. The summed E-state index contributed by atoms with van der Waals surface area (Å²) >= 11 is 0. The highest BCUT2D eigenvalue weighted by atomic mass is 16.4. The topological polar surface area (TPSA) is 119 Å². The SMILES string of the molecule is O=C(O)Cc1ccc(-c2cncc3[nH]c4ncc(Nc5ccc(N6CCNCC6)cn5)cc4c23)cc1. The number of carboxylic acid groups (broad SMARTS) is 1. The number of carbonyl (C=O) groups is 1. The third-order valence-electron chi connectivity index (χ3n) is 6.48. The molecule has 1 aliphatic rings. The number of nitrogens with zero attached hydrogens (tertiary/aromatic N) is 4. The molecular weight excluding hydrogens is 454 g/mol. The second kappa shape index (κ2) is 9.27. The first kappa shape index (κ1) is 22.0. The molecule has 6 rings (SSSR count). The summed E-state index contributed by atoms with van der Waals surface area (Å²) < 4.78 is 0. The van der Waals surface area contributed by atoms with E-state index in [4.69, 9.17) is 5.11 Å². The van der Waals surface area contributed by atoms with Crippen LogP contribution in [0.4, 0.5) is 17.2 Å². The van der Waals surface area contributed by atoms with Crippen molar-refractivity contribution in [1.82, 2.24) is 25.3 Å². The lowest BCUT2D eigenvalue weighted by molar-refractivity contribution is -0.136. The van der Waals surface area contributed by atoms with Gasteiger partial charge in [0, 0.05) is 48.7 Å². The van der Waals surface area contributed by atoms with Gasteiger partial charge in [-0.3, -0.25) is 9.78 Å². The summed E-state index contributed by atoms with van der Waals surface area (Å²) in [5, 5.41) is 17.8. The first-order valence-electron chi connectivity index (χ1n) is 11.9. The zero-order valence-corrected chi connectivity index (χ0v) is 19.5. The Labute approximate surface area is 207 Å². The number of piperazine rings is 1. The van der Waals surface area contributed by atoms with E-state index >= 15 is 0 Å². The maximum atomic E-state index is 11.0. The molecule has 4 N–H and O–H groups in total. The van der Waals surface area contributed by atoms with Crippen LogP contribution in [0.25, 0.3) is 33.1 Å². The van der Waals surface area contributed by atoms with E-state index in [2.05, 4.69) is 47.6 Å². The first-order valence-corrected chi connectivity index (χ1v) is 11.9. The molecule has 5 aromatic rings. The molecule has 180 valence electrons. The van der Waals surface area contributed by atoms with Gasteiger partial charge < -0.3 is 25.6 Å². The van der Waals surface area contributed by atoms with Crippen LogP contribution >= 0.6 is 0 Å². The maximum absolute atomic E-state index is 11.0. The summed E-state index contributed by atoms with van der Waals surface area (Å²) in [7, 11) is 0. The van der Waals surface area contributed by atoms with E-state index in [-0.39, 0.29) is 6.42 Å². The van der Waals surface area contributed by atoms with E-state index in [0.717, 1.165) is 82.0 Å². The molecular formula is C27H25N7O2. The molecule has 0 saturated carbocycles. The monoisotopic (exact) mass is 479 g/mol. The lowest BCUT2D eigenvalue weighted by Crippen LogP contribution is -2.43. The van der Waals surface area contributed by atoms with Gasteiger partial charge in [-0.15, -0.1) is 0 Å². The number of pyridine rings is 3. The van der Waals surface area contributed by atoms with Crippen molar-refractivity contribution in [3.8, 4) is 11.1 Å². The number of aromatic nitrogens is 4. The first-order chi connectivity index (χ1) is 17.6. The van der Waals surface area contributed by atoms with Crippen molar-refractivity contribution < 1.29 is 9.90 Å². The van der Waals surface area contributed by atoms with Crippen LogP contribution in [-0.2, 0) is 11.2 Å². The third kappa shape index (κ3) is 4.32. The molecule has 1 aromatic carbocycles. The minimum atomic E-state index is -0.845. The molecule has 0 atom stereocenters. The molecule has 0 unspecified atom stereocenters. The molecule has 0 radical (unpaired) electrons. The molecule has 0 spiro atoms. The van der Waals surface area contributed by atoms with Crippen molar-refractivity contribution in [2.45, 2.75) is 6.42 Å². The summed E-state index contributed by atoms with van der Waals surface area (Å²) in [5.74, 6) is -0.0899. The van der Waals surface area contributed by atoms with Gasteiger partial charge in [0.25, 0.3) is 0 Å². The molecule has 5 heterocycles. The van der Waals surface area contributed by atoms with E-state index in [1.54, 1.807) is 12.4 Å². The Balaban J connectivity index is 1.32. The van der Waals surface area contributed by atoms with Crippen LogP contribution in [0, 0.1) is 0 Å². The van der Waals surface area contributed by atoms with E-state index in [9.17, 15) is 4.79 Å². The van der Waals surface area contributed by atoms with Gasteiger partial charge in [0.15, 0.2) is 0 Å². The van der Waals surface area contributed by atoms with E-state index in [0.29, 0.717) is 0 Å². The van der Waals surface area contributed by atoms with Crippen molar-refractivity contribution in [1.29, 1.82) is 0 Å². The number of hydrogen-bond donors (Lipinski definition) is 4. The highest BCUT2D eigenvalue weighted by Gasteiger charge is 2.14. The number of H-pyrrole nitrogens is 1. The number of carboxylic acids is 1. The molecule has 4 aromatic heterocycles. The second-order valence-electron chi connectivity index (χ2n) is 8.89. The van der Waals surface area contributed by atoms with Crippen molar-refractivity contribution in [3.63, 3.8) is 0 Å². The fourth-order valence-electron chi connectivity index (χ4n) is 4.71. The minimum absolute atomic E-state index is 0.000973. The van der Waals surface area contributed by atoms with Gasteiger partial charge in [0.1, 0.15) is 11.5 Å². The van der Waals surface area contributed by atoms with Crippen molar-refractivity contribution in [2.24, 2.45) is 0 Å². The number of aliphatic carboxylic acids is 1. The molecule has 36 heavy (non-hydrogen) atoms. The summed E-state index contributed by atoms with van der Waals surface area (Å²) in [6.07, 6.45) is 7.32. The average molecular weight is 480 g/mol. The van der Waals surface area contributed by atoms with E-state index in [1.807, 2.05) is 42.7 Å². The van der Waals surface area contributed by atoms with Gasteiger partial charge in [-0.05, 0) is 29.3 Å². The minimum Gasteiger partial charge on any atom is -0.481 e. The number of aromatic amines is 1. The van der Waals surface area contributed by atoms with Crippen molar-refractivity contribution in [3.05, 3.63) is 72.8 Å². The largest absolute Gasteiger partial charge is 0.481 e. The molecule has 0 amide bonds. The molecule has 9 nitrogen and oxygen atoms in total. The quantitative estimate of drug-likeness (QED) is 0.289. The number of benzene rings is 1. The van der Waals surface area contributed by atoms with Crippen LogP contribution in [-0.4, -0.2) is 57.2 Å². The molecule has 0 aliphatic carbocycles. The fourth-order valence-corrected chi connectivity index (χ4v) is 4.71. The van der Waals surface area contributed by atoms with Crippen LogP contribution in [0.1, 0.15) is 5.56 Å². The number of anilines is 3. The molecule has 1 aliphatic heterocycles. The predicted molar refractivity (Wildman–Crippen MR) is 141 cm³/mol. The maximum Gasteiger partial charge on any atom is 0.307 e. The standard InChI is InChI=1S/C27H25N7O2/c35-25(36)11-17-1-3-18(4-2-17)22-15-29-16-23-26(22)21-12-19(13-31-27(21)33-23)32-24-6-5-20(14-30-24)34-9-7-28-8-10-34/h1-6,12-16,28H,7-11H2,(H,30,32)(H,31,33)(H,35,36). The Morgan fingerprint density at radius 2 is 1.83 bits per heavy atom. The summed E-state index contributed by atoms with van der Waals surface area (Å²) in [4.78, 5) is 30.4. The lowest BCUT2D eigenvalue weighted by atomic mass is 10.0. The molecule has 9 heteroatoms. The summed E-state index contributed by atoms with van der Waals surface area (Å²) in [5.41, 5.74) is 6.30. The zero-order chi connectivity index (χ0) is 24.5. The van der Waals surface area contributed by atoms with Gasteiger partial charge >= 0.3 is 5.97 Å². The van der Waals surface area contributed by atoms with E-state index < -0.39 is 5.97 Å². The number of hydrogen-bond acceptors (Lipinski definition) is 7. The third-order valence-corrected chi connectivity index (χ3v) is 6.48. The Hall–Kier alpha value is -4.50. The Kier molecular flexibility index (Phi) is 5.67. The molecule has 1 fully saturated rings. The molecule has 1 saturated heterocycles. The van der Waals surface area contributed by atoms with E-state index in [1.165, 1.54) is 0 Å². The van der Waals surface area contributed by atoms with Gasteiger partial charge in [-0.25, -0.2) is 9.97 Å². The number of fused-ring (bicyclic) bond motifs is 3. The summed E-state index contributed by atoms with van der Waals surface area (Å²) in [6.45, 7) is 3.94. The highest BCUT2D eigenvalue weighted by molar-refractivity contribution is 6.13. The number of rotatable bonds is 6. The van der Waals surface area contributed by atoms with Crippen LogP contribution in [0.5, 0.6) is 0 Å². The average Bonchev–Trinajstić information content (AvgIpc) is 3.28. The van der Waals surface area contributed by atoms with Gasteiger partial charge in [-0.1, -0.05) is 24.3 Å².